The highest BCUT2D eigenvalue weighted by atomic mass is 32.2. The molecule has 0 atom stereocenters. The Kier molecular flexibility index (Phi) is 5.94. The fraction of sp³-hybridized carbons (Fsp3) is 0.350. The molecule has 2 heterocycles. The number of hydrogen-bond acceptors (Lipinski definition) is 5. The summed E-state index contributed by atoms with van der Waals surface area (Å²) < 4.78 is 0. The summed E-state index contributed by atoms with van der Waals surface area (Å²) in [6.45, 7) is 8.59. The normalized spacial score (nSPS) is 11.1. The molecule has 0 unspecified atom stereocenters. The SMILES string of the molecule is Cc1ccc(CSCCNC(=O)c2sc3nc(C)nc(C)c3c2C)cc1. The van der Waals surface area contributed by atoms with Crippen LogP contribution < -0.4 is 5.32 Å². The molecular weight excluding hydrogens is 362 g/mol. The quantitative estimate of drug-likeness (QED) is 0.631. The first-order chi connectivity index (χ1) is 12.5. The first kappa shape index (κ1) is 18.9. The third-order valence-corrected chi connectivity index (χ3v) is 6.43. The van der Waals surface area contributed by atoms with E-state index < -0.39 is 0 Å². The Morgan fingerprint density at radius 1 is 1.12 bits per heavy atom. The molecule has 6 heteroatoms. The van der Waals surface area contributed by atoms with Gasteiger partial charge in [-0.1, -0.05) is 29.8 Å². The molecule has 4 nitrogen and oxygen atoms in total. The summed E-state index contributed by atoms with van der Waals surface area (Å²) in [5, 5.41) is 4.05. The number of benzene rings is 1. The number of aryl methyl sites for hydroxylation is 4. The van der Waals surface area contributed by atoms with E-state index >= 15 is 0 Å². The van der Waals surface area contributed by atoms with Crippen LogP contribution in [0.25, 0.3) is 10.2 Å². The fourth-order valence-electron chi connectivity index (χ4n) is 2.88. The summed E-state index contributed by atoms with van der Waals surface area (Å²) in [6.07, 6.45) is 0. The van der Waals surface area contributed by atoms with E-state index in [0.717, 1.165) is 43.7 Å². The molecule has 0 aliphatic heterocycles. The van der Waals surface area contributed by atoms with Crippen molar-refractivity contribution in [1.82, 2.24) is 15.3 Å². The minimum absolute atomic E-state index is 0.0153. The van der Waals surface area contributed by atoms with Crippen molar-refractivity contribution in [3.05, 3.63) is 57.4 Å². The lowest BCUT2D eigenvalue weighted by atomic mass is 10.1. The molecule has 3 rings (SSSR count). The van der Waals surface area contributed by atoms with Crippen molar-refractivity contribution in [3.63, 3.8) is 0 Å². The van der Waals surface area contributed by atoms with Crippen LogP contribution in [0.15, 0.2) is 24.3 Å². The lowest BCUT2D eigenvalue weighted by Crippen LogP contribution is -2.25. The van der Waals surface area contributed by atoms with Crippen LogP contribution in [-0.4, -0.2) is 28.2 Å². The van der Waals surface area contributed by atoms with Gasteiger partial charge >= 0.3 is 0 Å². The van der Waals surface area contributed by atoms with Crippen LogP contribution in [-0.2, 0) is 5.75 Å². The number of nitrogens with zero attached hydrogens (tertiary/aromatic N) is 2. The standard InChI is InChI=1S/C20H23N3OS2/c1-12-5-7-16(8-6-12)11-25-10-9-21-19(24)18-13(2)17-14(3)22-15(4)23-20(17)26-18/h5-8H,9-11H2,1-4H3,(H,21,24). The maximum atomic E-state index is 12.5. The van der Waals surface area contributed by atoms with Gasteiger partial charge < -0.3 is 5.32 Å². The van der Waals surface area contributed by atoms with Gasteiger partial charge in [0, 0.05) is 29.1 Å². The number of rotatable bonds is 6. The van der Waals surface area contributed by atoms with Crippen LogP contribution in [0.5, 0.6) is 0 Å². The zero-order chi connectivity index (χ0) is 18.7. The monoisotopic (exact) mass is 385 g/mol. The number of fused-ring (bicyclic) bond motifs is 1. The van der Waals surface area contributed by atoms with Gasteiger partial charge in [-0.3, -0.25) is 4.79 Å². The van der Waals surface area contributed by atoms with Gasteiger partial charge in [0.25, 0.3) is 5.91 Å². The zero-order valence-electron chi connectivity index (χ0n) is 15.5. The van der Waals surface area contributed by atoms with Crippen molar-refractivity contribution < 1.29 is 4.79 Å². The molecule has 0 saturated heterocycles. The Balaban J connectivity index is 1.55. The summed E-state index contributed by atoms with van der Waals surface area (Å²) in [4.78, 5) is 23.1. The minimum Gasteiger partial charge on any atom is -0.351 e. The van der Waals surface area contributed by atoms with E-state index in [1.165, 1.54) is 22.5 Å². The highest BCUT2D eigenvalue weighted by molar-refractivity contribution is 7.98. The number of carbonyl (C=O) groups is 1. The van der Waals surface area contributed by atoms with Crippen LogP contribution >= 0.6 is 23.1 Å². The highest BCUT2D eigenvalue weighted by Crippen LogP contribution is 2.31. The molecular formula is C20H23N3OS2. The molecule has 0 radical (unpaired) electrons. The molecule has 0 aliphatic carbocycles. The fourth-order valence-corrected chi connectivity index (χ4v) is 4.89. The molecule has 0 bridgehead atoms. The van der Waals surface area contributed by atoms with Crippen LogP contribution in [0, 0.1) is 27.7 Å². The number of thiophene rings is 1. The van der Waals surface area contributed by atoms with Crippen LogP contribution in [0.4, 0.5) is 0 Å². The lowest BCUT2D eigenvalue weighted by molar-refractivity contribution is 0.0960. The van der Waals surface area contributed by atoms with Gasteiger partial charge in [-0.15, -0.1) is 11.3 Å². The molecule has 0 fully saturated rings. The molecule has 2 aromatic heterocycles. The van der Waals surface area contributed by atoms with Crippen LogP contribution in [0.3, 0.4) is 0 Å². The van der Waals surface area contributed by atoms with Gasteiger partial charge in [0.1, 0.15) is 10.7 Å². The van der Waals surface area contributed by atoms with Gasteiger partial charge in [0.2, 0.25) is 0 Å². The van der Waals surface area contributed by atoms with E-state index in [-0.39, 0.29) is 5.91 Å². The van der Waals surface area contributed by atoms with Gasteiger partial charge in [-0.05, 0) is 38.8 Å². The van der Waals surface area contributed by atoms with Crippen LogP contribution in [0.2, 0.25) is 0 Å². The first-order valence-electron chi connectivity index (χ1n) is 8.61. The molecule has 1 N–H and O–H groups in total. The number of amides is 1. The maximum absolute atomic E-state index is 12.5. The average molecular weight is 386 g/mol. The Morgan fingerprint density at radius 2 is 1.85 bits per heavy atom. The van der Waals surface area contributed by atoms with Crippen molar-refractivity contribution >= 4 is 39.2 Å². The van der Waals surface area contributed by atoms with Crippen molar-refractivity contribution in [2.24, 2.45) is 0 Å². The van der Waals surface area contributed by atoms with Gasteiger partial charge in [-0.25, -0.2) is 9.97 Å². The van der Waals surface area contributed by atoms with E-state index in [9.17, 15) is 4.79 Å². The number of hydrogen-bond donors (Lipinski definition) is 1. The molecule has 0 spiro atoms. The predicted octanol–water partition coefficient (Wildman–Crippen LogP) is 4.59. The molecule has 1 amide bonds. The summed E-state index contributed by atoms with van der Waals surface area (Å²) in [7, 11) is 0. The molecule has 0 saturated carbocycles. The maximum Gasteiger partial charge on any atom is 0.261 e. The Bertz CT molecular complexity index is 932. The smallest absolute Gasteiger partial charge is 0.261 e. The molecule has 136 valence electrons. The third kappa shape index (κ3) is 4.24. The Labute approximate surface area is 162 Å². The number of thioether (sulfide) groups is 1. The molecule has 1 aromatic carbocycles. The predicted molar refractivity (Wildman–Crippen MR) is 111 cm³/mol. The van der Waals surface area contributed by atoms with Crippen LogP contribution in [0.1, 0.15) is 37.9 Å². The van der Waals surface area contributed by atoms with E-state index in [1.54, 1.807) is 0 Å². The van der Waals surface area contributed by atoms with Gasteiger partial charge in [-0.2, -0.15) is 11.8 Å². The van der Waals surface area contributed by atoms with E-state index in [2.05, 4.69) is 46.5 Å². The van der Waals surface area contributed by atoms with Crippen molar-refractivity contribution in [2.75, 3.05) is 12.3 Å². The second kappa shape index (κ2) is 8.18. The Morgan fingerprint density at radius 3 is 2.58 bits per heavy atom. The van der Waals surface area contributed by atoms with Gasteiger partial charge in [0.15, 0.2) is 0 Å². The molecule has 3 aromatic rings. The summed E-state index contributed by atoms with van der Waals surface area (Å²) in [5.74, 6) is 2.59. The Hall–Kier alpha value is -1.92. The number of carbonyl (C=O) groups excluding carboxylic acids is 1. The second-order valence-corrected chi connectivity index (χ2v) is 8.49. The first-order valence-corrected chi connectivity index (χ1v) is 10.6. The number of aromatic nitrogens is 2. The van der Waals surface area contributed by atoms with E-state index in [0.29, 0.717) is 6.54 Å². The lowest BCUT2D eigenvalue weighted by Gasteiger charge is -2.05. The largest absolute Gasteiger partial charge is 0.351 e. The summed E-state index contributed by atoms with van der Waals surface area (Å²) in [6, 6.07) is 8.59. The van der Waals surface area contributed by atoms with Gasteiger partial charge in [0.05, 0.1) is 4.88 Å². The topological polar surface area (TPSA) is 54.9 Å². The van der Waals surface area contributed by atoms with Crippen molar-refractivity contribution in [2.45, 2.75) is 33.4 Å². The van der Waals surface area contributed by atoms with Crippen molar-refractivity contribution in [3.8, 4) is 0 Å². The summed E-state index contributed by atoms with van der Waals surface area (Å²) >= 11 is 3.28. The highest BCUT2D eigenvalue weighted by Gasteiger charge is 2.18. The zero-order valence-corrected chi connectivity index (χ0v) is 17.2. The second-order valence-electron chi connectivity index (χ2n) is 6.39. The summed E-state index contributed by atoms with van der Waals surface area (Å²) in [5.41, 5.74) is 4.51. The number of nitrogens with one attached hydrogen (secondary N) is 1. The average Bonchev–Trinajstić information content (AvgIpc) is 2.93. The molecule has 26 heavy (non-hydrogen) atoms. The van der Waals surface area contributed by atoms with E-state index in [1.807, 2.05) is 32.5 Å². The van der Waals surface area contributed by atoms with E-state index in [4.69, 9.17) is 0 Å². The van der Waals surface area contributed by atoms with Crippen molar-refractivity contribution in [1.29, 1.82) is 0 Å². The third-order valence-electron chi connectivity index (χ3n) is 4.21. The minimum atomic E-state index is -0.0153. The molecule has 0 aliphatic rings.